The van der Waals surface area contributed by atoms with Crippen LogP contribution in [-0.2, 0) is 6.42 Å². The third-order valence-electron chi connectivity index (χ3n) is 4.55. The Labute approximate surface area is 114 Å². The van der Waals surface area contributed by atoms with Crippen LogP contribution in [0.5, 0.6) is 5.75 Å². The topological polar surface area (TPSA) is 21.3 Å². The van der Waals surface area contributed by atoms with E-state index in [0.717, 1.165) is 24.6 Å². The van der Waals surface area contributed by atoms with Crippen molar-refractivity contribution in [2.45, 2.75) is 44.6 Å². The summed E-state index contributed by atoms with van der Waals surface area (Å²) in [6, 6.07) is 6.13. The molecule has 0 radical (unpaired) electrons. The quantitative estimate of drug-likeness (QED) is 0.850. The molecule has 2 fully saturated rings. The molecule has 0 unspecified atom stereocenters. The van der Waals surface area contributed by atoms with Gasteiger partial charge >= 0.3 is 0 Å². The summed E-state index contributed by atoms with van der Waals surface area (Å²) in [6.45, 7) is 1.09. The number of hydrogen-bond donors (Lipinski definition) is 1. The van der Waals surface area contributed by atoms with Gasteiger partial charge in [-0.2, -0.15) is 0 Å². The van der Waals surface area contributed by atoms with E-state index in [0.29, 0.717) is 11.2 Å². The van der Waals surface area contributed by atoms with Crippen LogP contribution in [0.2, 0.25) is 0 Å². The monoisotopic (exact) mass is 263 g/mol. The highest BCUT2D eigenvalue weighted by molar-refractivity contribution is 5.30. The molecule has 0 atom stereocenters. The standard InChI is InChI=1S/C16H22FNO/c1-19-15-6-3-12(9-14(15)17)10-16(7-2-8-16)11-18-13-4-5-13/h3,6,9,13,18H,2,4-5,7-8,10-11H2,1H3. The summed E-state index contributed by atoms with van der Waals surface area (Å²) in [6.07, 6.45) is 7.47. The van der Waals surface area contributed by atoms with Crippen LogP contribution in [0.1, 0.15) is 37.7 Å². The lowest BCUT2D eigenvalue weighted by atomic mass is 9.65. The summed E-state index contributed by atoms with van der Waals surface area (Å²) in [7, 11) is 1.51. The molecule has 1 aromatic carbocycles. The van der Waals surface area contributed by atoms with Crippen molar-refractivity contribution >= 4 is 0 Å². The van der Waals surface area contributed by atoms with E-state index in [9.17, 15) is 4.39 Å². The van der Waals surface area contributed by atoms with Crippen molar-refractivity contribution in [3.63, 3.8) is 0 Å². The normalized spacial score (nSPS) is 20.9. The molecule has 0 amide bonds. The second-order valence-electron chi connectivity index (χ2n) is 6.15. The summed E-state index contributed by atoms with van der Waals surface area (Å²) in [5.41, 5.74) is 1.46. The number of rotatable bonds is 6. The number of hydrogen-bond acceptors (Lipinski definition) is 2. The third-order valence-corrected chi connectivity index (χ3v) is 4.55. The van der Waals surface area contributed by atoms with E-state index in [1.807, 2.05) is 6.07 Å². The van der Waals surface area contributed by atoms with Crippen LogP contribution in [0.15, 0.2) is 18.2 Å². The zero-order chi connectivity index (χ0) is 13.3. The van der Waals surface area contributed by atoms with Gasteiger partial charge in [-0.1, -0.05) is 12.5 Å². The maximum atomic E-state index is 13.7. The molecule has 0 bridgehead atoms. The minimum absolute atomic E-state index is 0.246. The average Bonchev–Trinajstić information content (AvgIpc) is 3.16. The molecule has 3 heteroatoms. The Balaban J connectivity index is 1.65. The van der Waals surface area contributed by atoms with Crippen molar-refractivity contribution in [3.05, 3.63) is 29.6 Å². The molecule has 104 valence electrons. The number of methoxy groups -OCH3 is 1. The van der Waals surface area contributed by atoms with Crippen LogP contribution in [0, 0.1) is 11.2 Å². The first-order valence-electron chi connectivity index (χ1n) is 7.27. The molecule has 19 heavy (non-hydrogen) atoms. The highest BCUT2D eigenvalue weighted by Gasteiger charge is 2.38. The van der Waals surface area contributed by atoms with Crippen molar-refractivity contribution in [2.75, 3.05) is 13.7 Å². The Bertz CT molecular complexity index is 452. The second-order valence-corrected chi connectivity index (χ2v) is 6.15. The zero-order valence-corrected chi connectivity index (χ0v) is 11.5. The highest BCUT2D eigenvalue weighted by Crippen LogP contribution is 2.44. The molecule has 2 nitrogen and oxygen atoms in total. The molecule has 0 aliphatic heterocycles. The number of benzene rings is 1. The van der Waals surface area contributed by atoms with E-state index in [1.54, 1.807) is 12.1 Å². The summed E-state index contributed by atoms with van der Waals surface area (Å²) in [4.78, 5) is 0. The smallest absolute Gasteiger partial charge is 0.165 e. The summed E-state index contributed by atoms with van der Waals surface area (Å²) >= 11 is 0. The van der Waals surface area contributed by atoms with E-state index in [-0.39, 0.29) is 5.82 Å². The molecule has 1 N–H and O–H groups in total. The van der Waals surface area contributed by atoms with Gasteiger partial charge in [0.2, 0.25) is 0 Å². The van der Waals surface area contributed by atoms with Crippen LogP contribution < -0.4 is 10.1 Å². The third kappa shape index (κ3) is 2.92. The van der Waals surface area contributed by atoms with E-state index in [1.165, 1.54) is 39.2 Å². The van der Waals surface area contributed by atoms with Crippen LogP contribution in [-0.4, -0.2) is 19.7 Å². The maximum Gasteiger partial charge on any atom is 0.165 e. The van der Waals surface area contributed by atoms with Gasteiger partial charge in [-0.05, 0) is 55.2 Å². The predicted octanol–water partition coefficient (Wildman–Crippen LogP) is 3.30. The van der Waals surface area contributed by atoms with Gasteiger partial charge in [0.25, 0.3) is 0 Å². The molecule has 0 saturated heterocycles. The summed E-state index contributed by atoms with van der Waals surface area (Å²) in [5, 5.41) is 3.64. The molecule has 3 rings (SSSR count). The average molecular weight is 263 g/mol. The van der Waals surface area contributed by atoms with Crippen molar-refractivity contribution < 1.29 is 9.13 Å². The van der Waals surface area contributed by atoms with Crippen LogP contribution in [0.25, 0.3) is 0 Å². The van der Waals surface area contributed by atoms with Gasteiger partial charge in [-0.15, -0.1) is 0 Å². The zero-order valence-electron chi connectivity index (χ0n) is 11.5. The van der Waals surface area contributed by atoms with Crippen molar-refractivity contribution in [1.29, 1.82) is 0 Å². The van der Waals surface area contributed by atoms with Crippen LogP contribution in [0.3, 0.4) is 0 Å². The highest BCUT2D eigenvalue weighted by atomic mass is 19.1. The SMILES string of the molecule is COc1ccc(CC2(CNC3CC3)CCC2)cc1F. The van der Waals surface area contributed by atoms with Crippen molar-refractivity contribution in [2.24, 2.45) is 5.41 Å². The lowest BCUT2D eigenvalue weighted by Crippen LogP contribution is -2.42. The van der Waals surface area contributed by atoms with E-state index in [4.69, 9.17) is 4.74 Å². The Morgan fingerprint density at radius 1 is 1.37 bits per heavy atom. The number of halogens is 1. The van der Waals surface area contributed by atoms with E-state index < -0.39 is 0 Å². The molecule has 1 aromatic rings. The Morgan fingerprint density at radius 3 is 2.68 bits per heavy atom. The predicted molar refractivity (Wildman–Crippen MR) is 74.0 cm³/mol. The van der Waals surface area contributed by atoms with Gasteiger partial charge in [0, 0.05) is 12.6 Å². The minimum atomic E-state index is -0.246. The lowest BCUT2D eigenvalue weighted by molar-refractivity contribution is 0.129. The van der Waals surface area contributed by atoms with Crippen molar-refractivity contribution in [3.8, 4) is 5.75 Å². The van der Waals surface area contributed by atoms with Crippen molar-refractivity contribution in [1.82, 2.24) is 5.32 Å². The summed E-state index contributed by atoms with van der Waals surface area (Å²) < 4.78 is 18.7. The molecule has 0 aromatic heterocycles. The van der Waals surface area contributed by atoms with E-state index in [2.05, 4.69) is 5.32 Å². The molecular weight excluding hydrogens is 241 g/mol. The van der Waals surface area contributed by atoms with Crippen LogP contribution >= 0.6 is 0 Å². The Hall–Kier alpha value is -1.09. The van der Waals surface area contributed by atoms with Gasteiger partial charge in [-0.3, -0.25) is 0 Å². The van der Waals surface area contributed by atoms with Gasteiger partial charge in [0.05, 0.1) is 7.11 Å². The molecule has 0 spiro atoms. The molecule has 2 saturated carbocycles. The maximum absolute atomic E-state index is 13.7. The van der Waals surface area contributed by atoms with Gasteiger partial charge < -0.3 is 10.1 Å². The summed E-state index contributed by atoms with van der Waals surface area (Å²) in [5.74, 6) is 0.0899. The molecule has 0 heterocycles. The Kier molecular flexibility index (Phi) is 3.48. The largest absolute Gasteiger partial charge is 0.494 e. The second kappa shape index (κ2) is 5.12. The number of nitrogens with one attached hydrogen (secondary N) is 1. The fourth-order valence-electron chi connectivity index (χ4n) is 2.99. The van der Waals surface area contributed by atoms with Gasteiger partial charge in [0.15, 0.2) is 11.6 Å². The first-order valence-corrected chi connectivity index (χ1v) is 7.27. The van der Waals surface area contributed by atoms with Gasteiger partial charge in [0.1, 0.15) is 0 Å². The number of ether oxygens (including phenoxy) is 1. The van der Waals surface area contributed by atoms with Gasteiger partial charge in [-0.25, -0.2) is 4.39 Å². The molecule has 2 aliphatic rings. The first kappa shape index (κ1) is 12.9. The molecule has 2 aliphatic carbocycles. The van der Waals surface area contributed by atoms with Crippen LogP contribution in [0.4, 0.5) is 4.39 Å². The van der Waals surface area contributed by atoms with E-state index >= 15 is 0 Å². The first-order chi connectivity index (χ1) is 9.21. The fraction of sp³-hybridized carbons (Fsp3) is 0.625. The minimum Gasteiger partial charge on any atom is -0.494 e. The molecular formula is C16H22FNO. The lowest BCUT2D eigenvalue weighted by Gasteiger charge is -2.42. The Morgan fingerprint density at radius 2 is 2.16 bits per heavy atom. The fourth-order valence-corrected chi connectivity index (χ4v) is 2.99.